The number of carbonyl (C=O) groups is 1. The van der Waals surface area contributed by atoms with Crippen LogP contribution < -0.4 is 5.32 Å². The summed E-state index contributed by atoms with van der Waals surface area (Å²) in [5.74, 6) is 1.33. The molecule has 1 aromatic heterocycles. The number of aryl methyl sites for hydroxylation is 1. The van der Waals surface area contributed by atoms with E-state index in [0.717, 1.165) is 11.0 Å². The van der Waals surface area contributed by atoms with Crippen molar-refractivity contribution in [2.75, 3.05) is 12.3 Å². The first kappa shape index (κ1) is 15.1. The third-order valence-corrected chi connectivity index (χ3v) is 4.49. The molecule has 1 amide bonds. The van der Waals surface area contributed by atoms with Gasteiger partial charge in [-0.05, 0) is 19.8 Å². The summed E-state index contributed by atoms with van der Waals surface area (Å²) < 4.78 is 2.21. The molecule has 2 rings (SSSR count). The summed E-state index contributed by atoms with van der Waals surface area (Å²) in [6.45, 7) is 6.08. The van der Waals surface area contributed by atoms with Crippen LogP contribution in [0.25, 0.3) is 0 Å². The molecule has 1 saturated carbocycles. The maximum Gasteiger partial charge on any atom is 0.230 e. The second kappa shape index (κ2) is 7.47. The molecule has 0 atom stereocenters. The van der Waals surface area contributed by atoms with Gasteiger partial charge in [0.1, 0.15) is 5.82 Å². The summed E-state index contributed by atoms with van der Waals surface area (Å²) in [5.41, 5.74) is 0. The Morgan fingerprint density at radius 1 is 1.45 bits per heavy atom. The molecule has 1 aliphatic carbocycles. The van der Waals surface area contributed by atoms with Crippen LogP contribution in [-0.2, 0) is 4.79 Å². The van der Waals surface area contributed by atoms with Gasteiger partial charge >= 0.3 is 0 Å². The van der Waals surface area contributed by atoms with Gasteiger partial charge < -0.3 is 9.88 Å². The van der Waals surface area contributed by atoms with E-state index in [4.69, 9.17) is 0 Å². The molecule has 5 nitrogen and oxygen atoms in total. The van der Waals surface area contributed by atoms with Crippen LogP contribution in [0.5, 0.6) is 0 Å². The van der Waals surface area contributed by atoms with Gasteiger partial charge in [0.25, 0.3) is 0 Å². The number of thioether (sulfide) groups is 1. The van der Waals surface area contributed by atoms with Gasteiger partial charge in [-0.2, -0.15) is 0 Å². The highest BCUT2D eigenvalue weighted by Crippen LogP contribution is 2.32. The van der Waals surface area contributed by atoms with Gasteiger partial charge in [0.15, 0.2) is 5.16 Å². The summed E-state index contributed by atoms with van der Waals surface area (Å²) in [5, 5.41) is 12.0. The number of nitrogens with one attached hydrogen (secondary N) is 1. The van der Waals surface area contributed by atoms with E-state index < -0.39 is 0 Å². The van der Waals surface area contributed by atoms with Crippen LogP contribution in [0.2, 0.25) is 0 Å². The molecule has 1 aromatic rings. The molecule has 0 aliphatic heterocycles. The molecule has 0 saturated heterocycles. The second-order valence-corrected chi connectivity index (χ2v) is 6.02. The van der Waals surface area contributed by atoms with Crippen LogP contribution in [-0.4, -0.2) is 33.0 Å². The number of rotatable bonds is 6. The van der Waals surface area contributed by atoms with Gasteiger partial charge in [-0.3, -0.25) is 4.79 Å². The van der Waals surface area contributed by atoms with Crippen LogP contribution in [0.3, 0.4) is 0 Å². The minimum absolute atomic E-state index is 0.00532. The predicted molar refractivity (Wildman–Crippen MR) is 80.8 cm³/mol. The number of nitrogens with zero attached hydrogens (tertiary/aromatic N) is 3. The fourth-order valence-electron chi connectivity index (χ4n) is 2.58. The molecular weight excluding hydrogens is 272 g/mol. The van der Waals surface area contributed by atoms with E-state index in [-0.39, 0.29) is 5.91 Å². The zero-order valence-electron chi connectivity index (χ0n) is 12.0. The van der Waals surface area contributed by atoms with Crippen molar-refractivity contribution in [1.29, 1.82) is 0 Å². The summed E-state index contributed by atoms with van der Waals surface area (Å²) in [7, 11) is 0. The van der Waals surface area contributed by atoms with E-state index in [1.807, 2.05) is 6.92 Å². The first-order valence-electron chi connectivity index (χ1n) is 7.14. The van der Waals surface area contributed by atoms with Crippen molar-refractivity contribution in [3.05, 3.63) is 18.5 Å². The molecule has 0 bridgehead atoms. The van der Waals surface area contributed by atoms with E-state index >= 15 is 0 Å². The average Bonchev–Trinajstić information content (AvgIpc) is 2.84. The van der Waals surface area contributed by atoms with Gasteiger partial charge in [0, 0.05) is 12.6 Å². The van der Waals surface area contributed by atoms with Gasteiger partial charge in [-0.25, -0.2) is 0 Å². The van der Waals surface area contributed by atoms with Crippen LogP contribution in [0, 0.1) is 6.92 Å². The molecular formula is C14H22N4OS. The Kier molecular flexibility index (Phi) is 5.64. The van der Waals surface area contributed by atoms with Crippen LogP contribution >= 0.6 is 11.8 Å². The number of hydrogen-bond acceptors (Lipinski definition) is 4. The van der Waals surface area contributed by atoms with Crippen molar-refractivity contribution in [3.8, 4) is 0 Å². The molecule has 110 valence electrons. The van der Waals surface area contributed by atoms with Crippen molar-refractivity contribution < 1.29 is 4.79 Å². The largest absolute Gasteiger partial charge is 0.352 e. The van der Waals surface area contributed by atoms with Gasteiger partial charge in [-0.1, -0.05) is 37.1 Å². The minimum Gasteiger partial charge on any atom is -0.352 e. The molecule has 6 heteroatoms. The van der Waals surface area contributed by atoms with Gasteiger partial charge in [0.05, 0.1) is 5.75 Å². The van der Waals surface area contributed by atoms with E-state index in [0.29, 0.717) is 18.3 Å². The van der Waals surface area contributed by atoms with Gasteiger partial charge in [-0.15, -0.1) is 16.8 Å². The Bertz CT molecular complexity index is 466. The van der Waals surface area contributed by atoms with Crippen LogP contribution in [0.4, 0.5) is 0 Å². The number of carbonyl (C=O) groups excluding carboxylic acids is 1. The lowest BCUT2D eigenvalue weighted by atomic mass is 9.95. The second-order valence-electron chi connectivity index (χ2n) is 5.07. The third-order valence-electron chi connectivity index (χ3n) is 3.55. The van der Waals surface area contributed by atoms with Crippen molar-refractivity contribution >= 4 is 17.7 Å². The van der Waals surface area contributed by atoms with E-state index in [1.165, 1.54) is 43.9 Å². The Balaban J connectivity index is 1.97. The van der Waals surface area contributed by atoms with Crippen molar-refractivity contribution in [1.82, 2.24) is 20.1 Å². The first-order chi connectivity index (χ1) is 9.72. The molecule has 0 radical (unpaired) electrons. The topological polar surface area (TPSA) is 59.8 Å². The standard InChI is InChI=1S/C14H22N4OS/c1-3-9-15-13(19)10-20-14-17-16-11(2)18(14)12-7-5-4-6-8-12/h3,12H,1,4-10H2,2H3,(H,15,19). The number of amides is 1. The Morgan fingerprint density at radius 2 is 2.20 bits per heavy atom. The zero-order valence-corrected chi connectivity index (χ0v) is 12.8. The fraction of sp³-hybridized carbons (Fsp3) is 0.643. The molecule has 0 spiro atoms. The minimum atomic E-state index is 0.00532. The summed E-state index contributed by atoms with van der Waals surface area (Å²) >= 11 is 1.46. The van der Waals surface area contributed by atoms with Crippen molar-refractivity contribution in [2.24, 2.45) is 0 Å². The molecule has 1 aliphatic rings. The maximum atomic E-state index is 11.6. The molecule has 1 heterocycles. The maximum absolute atomic E-state index is 11.6. The summed E-state index contributed by atoms with van der Waals surface area (Å²) in [6, 6.07) is 0.498. The monoisotopic (exact) mass is 294 g/mol. The Labute approximate surface area is 124 Å². The van der Waals surface area contributed by atoms with E-state index in [2.05, 4.69) is 26.7 Å². The third kappa shape index (κ3) is 3.85. The zero-order chi connectivity index (χ0) is 14.4. The summed E-state index contributed by atoms with van der Waals surface area (Å²) in [6.07, 6.45) is 7.92. The van der Waals surface area contributed by atoms with Crippen molar-refractivity contribution in [2.45, 2.75) is 50.2 Å². The SMILES string of the molecule is C=CCNC(=O)CSc1nnc(C)n1C1CCCCC1. The molecule has 20 heavy (non-hydrogen) atoms. The first-order valence-corrected chi connectivity index (χ1v) is 8.13. The highest BCUT2D eigenvalue weighted by atomic mass is 32.2. The Hall–Kier alpha value is -1.30. The van der Waals surface area contributed by atoms with Crippen LogP contribution in [0.15, 0.2) is 17.8 Å². The molecule has 0 unspecified atom stereocenters. The Morgan fingerprint density at radius 3 is 2.90 bits per heavy atom. The van der Waals surface area contributed by atoms with E-state index in [9.17, 15) is 4.79 Å². The highest BCUT2D eigenvalue weighted by molar-refractivity contribution is 7.99. The fourth-order valence-corrected chi connectivity index (χ4v) is 3.46. The van der Waals surface area contributed by atoms with Crippen molar-refractivity contribution in [3.63, 3.8) is 0 Å². The molecule has 1 fully saturated rings. The number of aromatic nitrogens is 3. The lowest BCUT2D eigenvalue weighted by molar-refractivity contribution is -0.118. The lowest BCUT2D eigenvalue weighted by Crippen LogP contribution is -2.25. The normalized spacial score (nSPS) is 16.1. The molecule has 0 aromatic carbocycles. The predicted octanol–water partition coefficient (Wildman–Crippen LogP) is 2.49. The smallest absolute Gasteiger partial charge is 0.230 e. The van der Waals surface area contributed by atoms with Gasteiger partial charge in [0.2, 0.25) is 5.91 Å². The van der Waals surface area contributed by atoms with Crippen LogP contribution in [0.1, 0.15) is 44.0 Å². The highest BCUT2D eigenvalue weighted by Gasteiger charge is 2.21. The lowest BCUT2D eigenvalue weighted by Gasteiger charge is -2.24. The number of hydrogen-bond donors (Lipinski definition) is 1. The quantitative estimate of drug-likeness (QED) is 0.647. The van der Waals surface area contributed by atoms with E-state index in [1.54, 1.807) is 6.08 Å². The average molecular weight is 294 g/mol. The molecule has 1 N–H and O–H groups in total. The summed E-state index contributed by atoms with van der Waals surface area (Å²) in [4.78, 5) is 11.6.